The molecule has 0 saturated carbocycles. The summed E-state index contributed by atoms with van der Waals surface area (Å²) in [6.07, 6.45) is -0.339. The lowest BCUT2D eigenvalue weighted by Gasteiger charge is -2.49. The molecule has 2 atom stereocenters. The number of esters is 1. The van der Waals surface area contributed by atoms with Crippen LogP contribution in [0, 0.1) is 0 Å². The minimum Gasteiger partial charge on any atom is -0.452 e. The average molecular weight is 615 g/mol. The monoisotopic (exact) mass is 614 g/mol. The maximum Gasteiger partial charge on any atom is 0.316 e. The van der Waals surface area contributed by atoms with Gasteiger partial charge in [0.25, 0.3) is 0 Å². The molecular formula is C31H26N4O6S2. The third-order valence-electron chi connectivity index (χ3n) is 6.92. The Labute approximate surface area is 255 Å². The molecule has 2 aliphatic heterocycles. The fourth-order valence-electron chi connectivity index (χ4n) is 5.00. The van der Waals surface area contributed by atoms with Crippen LogP contribution in [0.15, 0.2) is 90.2 Å². The second-order valence-corrected chi connectivity index (χ2v) is 11.9. The van der Waals surface area contributed by atoms with Crippen molar-refractivity contribution in [1.29, 1.82) is 0 Å². The number of nitrogens with one attached hydrogen (secondary N) is 2. The van der Waals surface area contributed by atoms with Crippen molar-refractivity contribution in [2.45, 2.75) is 31.6 Å². The van der Waals surface area contributed by atoms with E-state index < -0.39 is 36.5 Å². The number of fused-ring (bicyclic) bond motifs is 1. The van der Waals surface area contributed by atoms with Crippen LogP contribution in [-0.4, -0.2) is 46.4 Å². The van der Waals surface area contributed by atoms with E-state index in [9.17, 15) is 19.2 Å². The van der Waals surface area contributed by atoms with Crippen LogP contribution in [0.2, 0.25) is 0 Å². The lowest BCUT2D eigenvalue weighted by Crippen LogP contribution is -2.63. The van der Waals surface area contributed by atoms with Crippen molar-refractivity contribution in [3.8, 4) is 0 Å². The van der Waals surface area contributed by atoms with E-state index in [0.717, 1.165) is 16.0 Å². The first-order chi connectivity index (χ1) is 20.9. The number of thiazole rings is 1. The Kier molecular flexibility index (Phi) is 8.14. The average Bonchev–Trinajstić information content (AvgIpc) is 3.69. The summed E-state index contributed by atoms with van der Waals surface area (Å²) in [5.74, 6) is -2.14. The number of carbonyl (C=O) groups excluding carboxylic acids is 4. The number of hydrogen-bond donors (Lipinski definition) is 2. The van der Waals surface area contributed by atoms with Crippen LogP contribution in [0.25, 0.3) is 5.57 Å². The zero-order valence-corrected chi connectivity index (χ0v) is 24.5. The zero-order valence-electron chi connectivity index (χ0n) is 22.9. The van der Waals surface area contributed by atoms with Crippen molar-refractivity contribution < 1.29 is 28.7 Å². The number of rotatable bonds is 9. The van der Waals surface area contributed by atoms with E-state index in [2.05, 4.69) is 15.6 Å². The lowest BCUT2D eigenvalue weighted by atomic mass is 9.92. The molecule has 2 unspecified atom stereocenters. The van der Waals surface area contributed by atoms with E-state index in [1.54, 1.807) is 6.20 Å². The van der Waals surface area contributed by atoms with Gasteiger partial charge in [-0.15, -0.1) is 11.3 Å². The Morgan fingerprint density at radius 3 is 2.35 bits per heavy atom. The molecule has 1 fully saturated rings. The number of hydrogen-bond acceptors (Lipinski definition) is 9. The van der Waals surface area contributed by atoms with Gasteiger partial charge in [0, 0.05) is 23.6 Å². The molecule has 3 amide bonds. The molecule has 43 heavy (non-hydrogen) atoms. The Morgan fingerprint density at radius 2 is 1.72 bits per heavy atom. The summed E-state index contributed by atoms with van der Waals surface area (Å²) in [4.78, 5) is 58.4. The Hall–Kier alpha value is -4.65. The highest BCUT2D eigenvalue weighted by atomic mass is 32.1. The van der Waals surface area contributed by atoms with E-state index in [1.165, 1.54) is 34.5 Å². The van der Waals surface area contributed by atoms with Gasteiger partial charge < -0.3 is 20.1 Å². The van der Waals surface area contributed by atoms with E-state index in [0.29, 0.717) is 15.6 Å². The summed E-state index contributed by atoms with van der Waals surface area (Å²) in [5.41, 5.74) is 2.05. The van der Waals surface area contributed by atoms with Crippen molar-refractivity contribution in [2.24, 2.45) is 0 Å². The SMILES string of the molecule is CC(=O)Nc1ncc(C2=C(NC(=O)CC(=O)OC(c3ccccc3)c3ccccc3)N3C(=O)C(c4cccs4)C3OC2)s1. The first-order valence-corrected chi connectivity index (χ1v) is 15.1. The highest BCUT2D eigenvalue weighted by molar-refractivity contribution is 7.16. The molecular weight excluding hydrogens is 588 g/mol. The highest BCUT2D eigenvalue weighted by Gasteiger charge is 2.54. The van der Waals surface area contributed by atoms with Gasteiger partial charge in [-0.3, -0.25) is 24.1 Å². The van der Waals surface area contributed by atoms with Crippen molar-refractivity contribution in [1.82, 2.24) is 15.2 Å². The predicted octanol–water partition coefficient (Wildman–Crippen LogP) is 4.65. The van der Waals surface area contributed by atoms with Gasteiger partial charge in [0.05, 0.1) is 11.5 Å². The number of thiophene rings is 1. The first kappa shape index (κ1) is 28.5. The molecule has 6 rings (SSSR count). The zero-order chi connectivity index (χ0) is 29.9. The summed E-state index contributed by atoms with van der Waals surface area (Å²) in [7, 11) is 0. The van der Waals surface area contributed by atoms with Gasteiger partial charge in [0.2, 0.25) is 17.7 Å². The molecule has 4 heterocycles. The van der Waals surface area contributed by atoms with Crippen LogP contribution in [0.3, 0.4) is 0 Å². The summed E-state index contributed by atoms with van der Waals surface area (Å²) >= 11 is 2.64. The lowest BCUT2D eigenvalue weighted by molar-refractivity contribution is -0.176. The van der Waals surface area contributed by atoms with Gasteiger partial charge in [-0.2, -0.15) is 0 Å². The topological polar surface area (TPSA) is 127 Å². The molecule has 1 saturated heterocycles. The number of benzene rings is 2. The largest absolute Gasteiger partial charge is 0.452 e. The van der Waals surface area contributed by atoms with Gasteiger partial charge in [-0.25, -0.2) is 4.98 Å². The Morgan fingerprint density at radius 1 is 1.02 bits per heavy atom. The number of carbonyl (C=O) groups is 4. The number of β-lactam (4-membered cyclic amide) rings is 1. The normalized spacial score (nSPS) is 17.7. The van der Waals surface area contributed by atoms with Crippen molar-refractivity contribution in [3.63, 3.8) is 0 Å². The van der Waals surface area contributed by atoms with E-state index >= 15 is 0 Å². The van der Waals surface area contributed by atoms with Crippen LogP contribution in [0.5, 0.6) is 0 Å². The molecule has 2 aromatic heterocycles. The predicted molar refractivity (Wildman–Crippen MR) is 161 cm³/mol. The number of ether oxygens (including phenoxy) is 2. The summed E-state index contributed by atoms with van der Waals surface area (Å²) in [6, 6.07) is 22.3. The fourth-order valence-corrected chi connectivity index (χ4v) is 6.72. The van der Waals surface area contributed by atoms with Crippen LogP contribution < -0.4 is 10.6 Å². The van der Waals surface area contributed by atoms with Crippen molar-refractivity contribution in [2.75, 3.05) is 11.9 Å². The summed E-state index contributed by atoms with van der Waals surface area (Å²) in [6.45, 7) is 1.46. The standard InChI is InChI=1S/C31H26N4O6S2/c1-18(36)33-31-32-16-23(43-31)21-17-40-30-26(22-13-8-14-42-22)29(39)35(30)28(21)34-24(37)15-25(38)41-27(19-9-4-2-5-10-19)20-11-6-3-7-12-20/h2-14,16,26-27,30H,15,17H2,1H3,(H,34,37)(H,32,33,36). The van der Waals surface area contributed by atoms with Gasteiger partial charge in [-0.05, 0) is 22.6 Å². The van der Waals surface area contributed by atoms with Crippen LogP contribution in [0.4, 0.5) is 5.13 Å². The quantitative estimate of drug-likeness (QED) is 0.160. The molecule has 10 nitrogen and oxygen atoms in total. The van der Waals surface area contributed by atoms with E-state index in [-0.39, 0.29) is 24.2 Å². The molecule has 0 spiro atoms. The third kappa shape index (κ3) is 5.98. The minimum atomic E-state index is -0.724. The number of nitrogens with zero attached hydrogens (tertiary/aromatic N) is 2. The van der Waals surface area contributed by atoms with E-state index in [1.807, 2.05) is 78.2 Å². The van der Waals surface area contributed by atoms with Gasteiger partial charge in [-0.1, -0.05) is 78.1 Å². The number of aromatic nitrogens is 1. The van der Waals surface area contributed by atoms with Crippen LogP contribution in [-0.2, 0) is 28.7 Å². The summed E-state index contributed by atoms with van der Waals surface area (Å²) < 4.78 is 11.9. The summed E-state index contributed by atoms with van der Waals surface area (Å²) in [5, 5.41) is 7.68. The molecule has 2 aliphatic rings. The molecule has 218 valence electrons. The minimum absolute atomic E-state index is 0.0855. The molecule has 4 aromatic rings. The molecule has 0 bridgehead atoms. The number of anilines is 1. The molecule has 0 radical (unpaired) electrons. The second kappa shape index (κ2) is 12.3. The van der Waals surface area contributed by atoms with Gasteiger partial charge in [0.1, 0.15) is 18.2 Å². The van der Waals surface area contributed by atoms with Crippen molar-refractivity contribution in [3.05, 3.63) is 111 Å². The maximum atomic E-state index is 13.4. The molecule has 2 N–H and O–H groups in total. The number of amides is 3. The second-order valence-electron chi connectivity index (χ2n) is 9.86. The fraction of sp³-hybridized carbons (Fsp3) is 0.194. The van der Waals surface area contributed by atoms with Crippen LogP contribution in [0.1, 0.15) is 46.2 Å². The van der Waals surface area contributed by atoms with Gasteiger partial charge in [0.15, 0.2) is 17.5 Å². The maximum absolute atomic E-state index is 13.4. The highest BCUT2D eigenvalue weighted by Crippen LogP contribution is 2.45. The Balaban J connectivity index is 1.24. The molecule has 2 aromatic carbocycles. The molecule has 12 heteroatoms. The Bertz CT molecular complexity index is 1650. The van der Waals surface area contributed by atoms with Crippen molar-refractivity contribution >= 4 is 57.1 Å². The van der Waals surface area contributed by atoms with Crippen LogP contribution >= 0.6 is 22.7 Å². The third-order valence-corrected chi connectivity index (χ3v) is 8.85. The first-order valence-electron chi connectivity index (χ1n) is 13.4. The van der Waals surface area contributed by atoms with E-state index in [4.69, 9.17) is 9.47 Å². The molecule has 0 aliphatic carbocycles. The van der Waals surface area contributed by atoms with Gasteiger partial charge >= 0.3 is 5.97 Å². The smallest absolute Gasteiger partial charge is 0.316 e.